The summed E-state index contributed by atoms with van der Waals surface area (Å²) in [7, 11) is 0. The Morgan fingerprint density at radius 3 is 2.91 bits per heavy atom. The summed E-state index contributed by atoms with van der Waals surface area (Å²) in [5, 5.41) is 4.46. The van der Waals surface area contributed by atoms with Gasteiger partial charge in [-0.2, -0.15) is 13.8 Å². The van der Waals surface area contributed by atoms with E-state index in [1.807, 2.05) is 0 Å². The lowest BCUT2D eigenvalue weighted by Crippen LogP contribution is -2.41. The SMILES string of the molecule is O=C1NCC(F)(F)c2cc(Nc3nc(Cl)ncc3F)ccc21. The predicted octanol–water partition coefficient (Wildman–Crippen LogP) is 2.85. The second-order valence-corrected chi connectivity index (χ2v) is 4.95. The maximum atomic E-state index is 13.9. The zero-order valence-electron chi connectivity index (χ0n) is 10.8. The lowest BCUT2D eigenvalue weighted by molar-refractivity contribution is -0.00832. The maximum absolute atomic E-state index is 13.9. The van der Waals surface area contributed by atoms with E-state index in [4.69, 9.17) is 11.6 Å². The first-order chi connectivity index (χ1) is 10.4. The van der Waals surface area contributed by atoms with E-state index < -0.39 is 29.8 Å². The van der Waals surface area contributed by atoms with Crippen molar-refractivity contribution in [3.05, 3.63) is 46.6 Å². The molecule has 1 aromatic heterocycles. The van der Waals surface area contributed by atoms with Crippen molar-refractivity contribution in [2.75, 3.05) is 11.9 Å². The Bertz CT molecular complexity index is 769. The monoisotopic (exact) mass is 328 g/mol. The van der Waals surface area contributed by atoms with Crippen LogP contribution >= 0.6 is 11.6 Å². The van der Waals surface area contributed by atoms with Gasteiger partial charge in [0, 0.05) is 16.8 Å². The van der Waals surface area contributed by atoms with Crippen molar-refractivity contribution in [3.8, 4) is 0 Å². The number of amides is 1. The van der Waals surface area contributed by atoms with E-state index in [1.54, 1.807) is 0 Å². The molecule has 0 saturated carbocycles. The van der Waals surface area contributed by atoms with E-state index >= 15 is 0 Å². The molecule has 1 amide bonds. The molecule has 1 aliphatic heterocycles. The van der Waals surface area contributed by atoms with Crippen molar-refractivity contribution < 1.29 is 18.0 Å². The molecule has 114 valence electrons. The largest absolute Gasteiger partial charge is 0.346 e. The lowest BCUT2D eigenvalue weighted by atomic mass is 9.96. The van der Waals surface area contributed by atoms with Crippen LogP contribution in [-0.4, -0.2) is 22.4 Å². The van der Waals surface area contributed by atoms with Gasteiger partial charge in [-0.15, -0.1) is 0 Å². The summed E-state index contributed by atoms with van der Waals surface area (Å²) in [5.41, 5.74) is -0.397. The number of carbonyl (C=O) groups excluding carboxylic acids is 1. The van der Waals surface area contributed by atoms with E-state index in [9.17, 15) is 18.0 Å². The van der Waals surface area contributed by atoms with Gasteiger partial charge >= 0.3 is 0 Å². The van der Waals surface area contributed by atoms with Crippen LogP contribution in [0.5, 0.6) is 0 Å². The second-order valence-electron chi connectivity index (χ2n) is 4.61. The van der Waals surface area contributed by atoms with Crippen LogP contribution in [-0.2, 0) is 5.92 Å². The molecule has 9 heteroatoms. The van der Waals surface area contributed by atoms with E-state index in [0.717, 1.165) is 12.3 Å². The fourth-order valence-electron chi connectivity index (χ4n) is 2.07. The zero-order valence-corrected chi connectivity index (χ0v) is 11.6. The van der Waals surface area contributed by atoms with Gasteiger partial charge in [-0.25, -0.2) is 9.37 Å². The number of halogens is 4. The number of rotatable bonds is 2. The van der Waals surface area contributed by atoms with Gasteiger partial charge in [-0.05, 0) is 29.8 Å². The van der Waals surface area contributed by atoms with Crippen LogP contribution in [0.25, 0.3) is 0 Å². The summed E-state index contributed by atoms with van der Waals surface area (Å²) < 4.78 is 41.3. The number of benzene rings is 1. The van der Waals surface area contributed by atoms with Gasteiger partial charge in [0.2, 0.25) is 5.28 Å². The van der Waals surface area contributed by atoms with Crippen LogP contribution in [0.3, 0.4) is 0 Å². The van der Waals surface area contributed by atoms with E-state index in [0.29, 0.717) is 0 Å². The summed E-state index contributed by atoms with van der Waals surface area (Å²) in [5.74, 6) is -4.82. The van der Waals surface area contributed by atoms with Gasteiger partial charge in [-0.3, -0.25) is 4.79 Å². The van der Waals surface area contributed by atoms with Crippen molar-refractivity contribution in [2.45, 2.75) is 5.92 Å². The zero-order chi connectivity index (χ0) is 15.9. The van der Waals surface area contributed by atoms with Crippen LogP contribution in [0.4, 0.5) is 24.7 Å². The molecule has 0 atom stereocenters. The van der Waals surface area contributed by atoms with Gasteiger partial charge in [-0.1, -0.05) is 0 Å². The van der Waals surface area contributed by atoms with E-state index in [1.165, 1.54) is 12.1 Å². The molecule has 0 bridgehead atoms. The summed E-state index contributed by atoms with van der Waals surface area (Å²) in [6, 6.07) is 3.69. The van der Waals surface area contributed by atoms with Crippen molar-refractivity contribution in [1.29, 1.82) is 0 Å². The molecule has 2 N–H and O–H groups in total. The third kappa shape index (κ3) is 2.57. The predicted molar refractivity (Wildman–Crippen MR) is 73.0 cm³/mol. The molecule has 0 aliphatic carbocycles. The molecule has 5 nitrogen and oxygen atoms in total. The summed E-state index contributed by atoms with van der Waals surface area (Å²) in [4.78, 5) is 18.7. The Kier molecular flexibility index (Phi) is 3.40. The standard InChI is InChI=1S/C13H8ClF3N4O/c14-12-18-4-9(15)10(21-12)20-6-1-2-7-8(3-6)13(16,17)5-19-11(7)22/h1-4H,5H2,(H,19,22)(H,18,20,21). The topological polar surface area (TPSA) is 66.9 Å². The number of hydrogen-bond donors (Lipinski definition) is 2. The number of nitrogens with one attached hydrogen (secondary N) is 2. The van der Waals surface area contributed by atoms with E-state index in [-0.39, 0.29) is 22.4 Å². The second kappa shape index (κ2) is 5.13. The highest BCUT2D eigenvalue weighted by Gasteiger charge is 2.40. The number of nitrogens with zero attached hydrogens (tertiary/aromatic N) is 2. The van der Waals surface area contributed by atoms with Gasteiger partial charge in [0.05, 0.1) is 12.7 Å². The smallest absolute Gasteiger partial charge is 0.291 e. The molecule has 1 aromatic carbocycles. The molecular weight excluding hydrogens is 321 g/mol. The van der Waals surface area contributed by atoms with Crippen LogP contribution in [0, 0.1) is 5.82 Å². The van der Waals surface area contributed by atoms with Gasteiger partial charge in [0.25, 0.3) is 11.8 Å². The highest BCUT2D eigenvalue weighted by Crippen LogP contribution is 2.35. The molecule has 2 heterocycles. The van der Waals surface area contributed by atoms with E-state index in [2.05, 4.69) is 20.6 Å². The maximum Gasteiger partial charge on any atom is 0.291 e. The minimum absolute atomic E-state index is 0.122. The molecule has 3 rings (SSSR count). The number of fused-ring (bicyclic) bond motifs is 1. The Morgan fingerprint density at radius 2 is 2.14 bits per heavy atom. The molecule has 0 saturated heterocycles. The average Bonchev–Trinajstić information content (AvgIpc) is 2.47. The highest BCUT2D eigenvalue weighted by molar-refractivity contribution is 6.28. The quantitative estimate of drug-likeness (QED) is 0.832. The Morgan fingerprint density at radius 1 is 1.36 bits per heavy atom. The summed E-state index contributed by atoms with van der Waals surface area (Å²) in [6.07, 6.45) is 0.859. The van der Waals surface area contributed by atoms with Crippen molar-refractivity contribution in [1.82, 2.24) is 15.3 Å². The Hall–Kier alpha value is -2.35. The minimum Gasteiger partial charge on any atom is -0.346 e. The molecule has 1 aliphatic rings. The van der Waals surface area contributed by atoms with Gasteiger partial charge < -0.3 is 10.6 Å². The summed E-state index contributed by atoms with van der Waals surface area (Å²) in [6.45, 7) is -0.782. The number of aromatic nitrogens is 2. The third-order valence-electron chi connectivity index (χ3n) is 3.11. The molecule has 22 heavy (non-hydrogen) atoms. The molecule has 0 spiro atoms. The molecule has 0 fully saturated rings. The third-order valence-corrected chi connectivity index (χ3v) is 3.29. The molecule has 0 unspecified atom stereocenters. The first kappa shape index (κ1) is 14.6. The average molecular weight is 329 g/mol. The number of anilines is 2. The molecule has 0 radical (unpaired) electrons. The Balaban J connectivity index is 2.00. The number of alkyl halides is 2. The fraction of sp³-hybridized carbons (Fsp3) is 0.154. The lowest BCUT2D eigenvalue weighted by Gasteiger charge is -2.25. The number of carbonyl (C=O) groups is 1. The number of hydrogen-bond acceptors (Lipinski definition) is 4. The van der Waals surface area contributed by atoms with Gasteiger partial charge in [0.15, 0.2) is 11.6 Å². The van der Waals surface area contributed by atoms with Crippen molar-refractivity contribution in [2.24, 2.45) is 0 Å². The minimum atomic E-state index is -3.21. The van der Waals surface area contributed by atoms with Crippen LogP contribution < -0.4 is 10.6 Å². The first-order valence-electron chi connectivity index (χ1n) is 6.12. The van der Waals surface area contributed by atoms with Crippen LogP contribution in [0.15, 0.2) is 24.4 Å². The van der Waals surface area contributed by atoms with Crippen molar-refractivity contribution >= 4 is 29.0 Å². The van der Waals surface area contributed by atoms with Gasteiger partial charge in [0.1, 0.15) is 0 Å². The van der Waals surface area contributed by atoms with Crippen LogP contribution in [0.2, 0.25) is 5.28 Å². The first-order valence-corrected chi connectivity index (χ1v) is 6.50. The molecular formula is C13H8ClF3N4O. The summed E-state index contributed by atoms with van der Waals surface area (Å²) >= 11 is 5.56. The highest BCUT2D eigenvalue weighted by atomic mass is 35.5. The van der Waals surface area contributed by atoms with Crippen molar-refractivity contribution in [3.63, 3.8) is 0 Å². The Labute approximate surface area is 127 Å². The normalized spacial score (nSPS) is 15.9. The molecule has 2 aromatic rings. The fourth-order valence-corrected chi connectivity index (χ4v) is 2.21. The van der Waals surface area contributed by atoms with Crippen LogP contribution in [0.1, 0.15) is 15.9 Å².